The van der Waals surface area contributed by atoms with Gasteiger partial charge in [0.05, 0.1) is 11.4 Å². The number of anilines is 1. The van der Waals surface area contributed by atoms with E-state index in [1.54, 1.807) is 6.07 Å². The number of halogens is 1. The van der Waals surface area contributed by atoms with Crippen LogP contribution >= 0.6 is 15.9 Å². The van der Waals surface area contributed by atoms with Crippen molar-refractivity contribution in [3.8, 4) is 12.3 Å². The lowest BCUT2D eigenvalue weighted by Gasteiger charge is -2.09. The molecule has 0 saturated carbocycles. The van der Waals surface area contributed by atoms with Gasteiger partial charge in [0.1, 0.15) is 0 Å². The Hall–Kier alpha value is -2.14. The lowest BCUT2D eigenvalue weighted by atomic mass is 10.1. The molecule has 0 bridgehead atoms. The van der Waals surface area contributed by atoms with Gasteiger partial charge in [0, 0.05) is 15.7 Å². The van der Waals surface area contributed by atoms with E-state index in [1.807, 2.05) is 19.1 Å². The SMILES string of the molecule is C#CCNS(=O)(=O)c1ccc(C(=O)Nc2ccc(Br)cc2C)cc1. The Morgan fingerprint density at radius 1 is 1.21 bits per heavy atom. The van der Waals surface area contributed by atoms with E-state index in [1.165, 1.54) is 24.3 Å². The second-order valence-corrected chi connectivity index (χ2v) is 7.65. The zero-order chi connectivity index (χ0) is 17.7. The van der Waals surface area contributed by atoms with Crippen LogP contribution in [0.15, 0.2) is 51.8 Å². The van der Waals surface area contributed by atoms with E-state index in [0.29, 0.717) is 11.3 Å². The number of sulfonamides is 1. The van der Waals surface area contributed by atoms with E-state index in [0.717, 1.165) is 10.0 Å². The van der Waals surface area contributed by atoms with Gasteiger partial charge in [-0.15, -0.1) is 6.42 Å². The van der Waals surface area contributed by atoms with Crippen LogP contribution in [-0.4, -0.2) is 20.9 Å². The first-order valence-electron chi connectivity index (χ1n) is 6.94. The molecule has 124 valence electrons. The van der Waals surface area contributed by atoms with Gasteiger partial charge in [0.25, 0.3) is 5.91 Å². The molecule has 7 heteroatoms. The lowest BCUT2D eigenvalue weighted by molar-refractivity contribution is 0.102. The van der Waals surface area contributed by atoms with E-state index in [4.69, 9.17) is 6.42 Å². The van der Waals surface area contributed by atoms with E-state index >= 15 is 0 Å². The Morgan fingerprint density at radius 3 is 2.46 bits per heavy atom. The third-order valence-corrected chi connectivity index (χ3v) is 5.14. The van der Waals surface area contributed by atoms with Gasteiger partial charge in [0.2, 0.25) is 10.0 Å². The van der Waals surface area contributed by atoms with Crippen LogP contribution in [0.3, 0.4) is 0 Å². The molecule has 0 aliphatic heterocycles. The molecule has 0 aromatic heterocycles. The number of carbonyl (C=O) groups excluding carboxylic acids is 1. The molecule has 0 fully saturated rings. The summed E-state index contributed by atoms with van der Waals surface area (Å²) in [5.74, 6) is 1.88. The minimum atomic E-state index is -3.66. The van der Waals surface area contributed by atoms with Crippen molar-refractivity contribution in [3.63, 3.8) is 0 Å². The molecule has 2 rings (SSSR count). The maximum atomic E-state index is 12.3. The molecule has 2 N–H and O–H groups in total. The first-order chi connectivity index (χ1) is 11.3. The van der Waals surface area contributed by atoms with Crippen LogP contribution in [0.4, 0.5) is 5.69 Å². The highest BCUT2D eigenvalue weighted by Crippen LogP contribution is 2.21. The number of benzene rings is 2. The average Bonchev–Trinajstić information content (AvgIpc) is 2.55. The fraction of sp³-hybridized carbons (Fsp3) is 0.118. The molecule has 0 unspecified atom stereocenters. The molecule has 5 nitrogen and oxygen atoms in total. The number of aryl methyl sites for hydroxylation is 1. The van der Waals surface area contributed by atoms with Crippen molar-refractivity contribution < 1.29 is 13.2 Å². The van der Waals surface area contributed by atoms with Crippen molar-refractivity contribution in [1.29, 1.82) is 0 Å². The Kier molecular flexibility index (Phi) is 5.78. The van der Waals surface area contributed by atoms with Gasteiger partial charge in [0.15, 0.2) is 0 Å². The summed E-state index contributed by atoms with van der Waals surface area (Å²) in [4.78, 5) is 12.3. The van der Waals surface area contributed by atoms with Crippen molar-refractivity contribution in [2.75, 3.05) is 11.9 Å². The average molecular weight is 407 g/mol. The molecular formula is C17H15BrN2O3S. The fourth-order valence-corrected chi connectivity index (χ4v) is 3.38. The fourth-order valence-electron chi connectivity index (χ4n) is 1.97. The third kappa shape index (κ3) is 4.45. The molecule has 0 aliphatic carbocycles. The molecule has 1 amide bonds. The first-order valence-corrected chi connectivity index (χ1v) is 9.22. The maximum Gasteiger partial charge on any atom is 0.255 e. The van der Waals surface area contributed by atoms with E-state index in [2.05, 4.69) is 31.9 Å². The third-order valence-electron chi connectivity index (χ3n) is 3.23. The molecule has 0 saturated heterocycles. The summed E-state index contributed by atoms with van der Waals surface area (Å²) < 4.78 is 27.0. The van der Waals surface area contributed by atoms with Crippen LogP contribution in [-0.2, 0) is 10.0 Å². The normalized spacial score (nSPS) is 10.9. The number of amides is 1. The van der Waals surface area contributed by atoms with Gasteiger partial charge in [-0.05, 0) is 55.0 Å². The Labute approximate surface area is 149 Å². The van der Waals surface area contributed by atoms with Gasteiger partial charge in [-0.25, -0.2) is 8.42 Å². The summed E-state index contributed by atoms with van der Waals surface area (Å²) in [5.41, 5.74) is 1.96. The summed E-state index contributed by atoms with van der Waals surface area (Å²) in [6.45, 7) is 1.79. The van der Waals surface area contributed by atoms with E-state index < -0.39 is 10.0 Å². The highest BCUT2D eigenvalue weighted by molar-refractivity contribution is 9.10. The quantitative estimate of drug-likeness (QED) is 0.749. The minimum absolute atomic E-state index is 0.0501. The number of carbonyl (C=O) groups is 1. The van der Waals surface area contributed by atoms with Crippen LogP contribution < -0.4 is 10.0 Å². The molecule has 0 aliphatic rings. The van der Waals surface area contributed by atoms with Crippen molar-refractivity contribution in [1.82, 2.24) is 4.72 Å². The smallest absolute Gasteiger partial charge is 0.255 e. The summed E-state index contributed by atoms with van der Waals surface area (Å²) in [6, 6.07) is 11.1. The van der Waals surface area contributed by atoms with Gasteiger partial charge < -0.3 is 5.32 Å². The summed E-state index contributed by atoms with van der Waals surface area (Å²) in [6.07, 6.45) is 5.04. The van der Waals surface area contributed by atoms with Crippen LogP contribution in [0.1, 0.15) is 15.9 Å². The first kappa shape index (κ1) is 18.2. The second-order valence-electron chi connectivity index (χ2n) is 4.97. The summed E-state index contributed by atoms with van der Waals surface area (Å²) >= 11 is 3.36. The van der Waals surface area contributed by atoms with Crippen molar-refractivity contribution in [2.45, 2.75) is 11.8 Å². The van der Waals surface area contributed by atoms with Gasteiger partial charge in [-0.3, -0.25) is 4.79 Å². The number of hydrogen-bond acceptors (Lipinski definition) is 3. The molecule has 24 heavy (non-hydrogen) atoms. The van der Waals surface area contributed by atoms with Crippen LogP contribution in [0.25, 0.3) is 0 Å². The highest BCUT2D eigenvalue weighted by Gasteiger charge is 2.14. The Balaban J connectivity index is 2.16. The van der Waals surface area contributed by atoms with Crippen molar-refractivity contribution in [2.24, 2.45) is 0 Å². The van der Waals surface area contributed by atoms with Gasteiger partial charge >= 0.3 is 0 Å². The van der Waals surface area contributed by atoms with Crippen LogP contribution in [0.5, 0.6) is 0 Å². The maximum absolute atomic E-state index is 12.3. The number of terminal acetylenes is 1. The Bertz CT molecular complexity index is 900. The molecule has 2 aromatic rings. The molecular weight excluding hydrogens is 392 g/mol. The summed E-state index contributed by atoms with van der Waals surface area (Å²) in [7, 11) is -3.66. The number of rotatable bonds is 5. The van der Waals surface area contributed by atoms with Gasteiger partial charge in [-0.1, -0.05) is 21.9 Å². The topological polar surface area (TPSA) is 75.3 Å². The minimum Gasteiger partial charge on any atom is -0.322 e. The van der Waals surface area contributed by atoms with Crippen LogP contribution in [0, 0.1) is 19.3 Å². The largest absolute Gasteiger partial charge is 0.322 e. The standard InChI is InChI=1S/C17H15BrN2O3S/c1-3-10-19-24(22,23)15-7-4-13(5-8-15)17(21)20-16-9-6-14(18)11-12(16)2/h1,4-9,11,19H,10H2,2H3,(H,20,21). The molecule has 0 radical (unpaired) electrons. The Morgan fingerprint density at radius 2 is 1.88 bits per heavy atom. The van der Waals surface area contributed by atoms with E-state index in [9.17, 15) is 13.2 Å². The molecule has 2 aromatic carbocycles. The number of nitrogens with one attached hydrogen (secondary N) is 2. The van der Waals surface area contributed by atoms with Crippen LogP contribution in [0.2, 0.25) is 0 Å². The number of hydrogen-bond donors (Lipinski definition) is 2. The monoisotopic (exact) mass is 406 g/mol. The predicted molar refractivity (Wildman–Crippen MR) is 97.3 cm³/mol. The van der Waals surface area contributed by atoms with Gasteiger partial charge in [-0.2, -0.15) is 4.72 Å². The van der Waals surface area contributed by atoms with E-state index in [-0.39, 0.29) is 17.3 Å². The molecule has 0 heterocycles. The highest BCUT2D eigenvalue weighted by atomic mass is 79.9. The zero-order valence-electron chi connectivity index (χ0n) is 12.8. The van der Waals surface area contributed by atoms with Crippen molar-refractivity contribution in [3.05, 3.63) is 58.1 Å². The second kappa shape index (κ2) is 7.62. The van der Waals surface area contributed by atoms with Crippen molar-refractivity contribution >= 4 is 37.5 Å². The summed E-state index contributed by atoms with van der Waals surface area (Å²) in [5, 5.41) is 2.79. The molecule has 0 atom stereocenters. The zero-order valence-corrected chi connectivity index (χ0v) is 15.2. The predicted octanol–water partition coefficient (Wildman–Crippen LogP) is 2.92. The lowest BCUT2D eigenvalue weighted by Crippen LogP contribution is -2.24. The molecule has 0 spiro atoms.